The van der Waals surface area contributed by atoms with Gasteiger partial charge in [-0.05, 0) is 36.6 Å². The van der Waals surface area contributed by atoms with Crippen molar-refractivity contribution in [2.75, 3.05) is 38.1 Å². The monoisotopic (exact) mass is 477 g/mol. The Labute approximate surface area is 178 Å². The molecule has 1 N–H and O–H groups in total. The van der Waals surface area contributed by atoms with Crippen molar-refractivity contribution < 1.29 is 0 Å². The van der Waals surface area contributed by atoms with Gasteiger partial charge in [-0.3, -0.25) is 4.99 Å². The third-order valence-electron chi connectivity index (χ3n) is 5.46. The molecule has 1 aromatic carbocycles. The first-order chi connectivity index (χ1) is 12.8. The maximum absolute atomic E-state index is 4.54. The highest BCUT2D eigenvalue weighted by molar-refractivity contribution is 14.0. The number of nitrogens with one attached hydrogen (secondary N) is 1. The molecule has 0 radical (unpaired) electrons. The van der Waals surface area contributed by atoms with Crippen molar-refractivity contribution >= 4 is 35.8 Å². The van der Waals surface area contributed by atoms with Gasteiger partial charge < -0.3 is 15.1 Å². The SMILES string of the molecule is CN=C(NC1CC1c1ccccc1C)N1CCN(c2ccccn2)CC1.I. The lowest BCUT2D eigenvalue weighted by molar-refractivity contribution is 0.371. The summed E-state index contributed by atoms with van der Waals surface area (Å²) in [6.07, 6.45) is 3.05. The fourth-order valence-corrected chi connectivity index (χ4v) is 3.85. The third-order valence-corrected chi connectivity index (χ3v) is 5.46. The van der Waals surface area contributed by atoms with Crippen LogP contribution in [-0.2, 0) is 0 Å². The summed E-state index contributed by atoms with van der Waals surface area (Å²) in [5.74, 6) is 2.71. The number of guanidine groups is 1. The van der Waals surface area contributed by atoms with Gasteiger partial charge in [0.05, 0.1) is 0 Å². The van der Waals surface area contributed by atoms with Gasteiger partial charge in [0, 0.05) is 51.4 Å². The van der Waals surface area contributed by atoms with E-state index >= 15 is 0 Å². The highest BCUT2D eigenvalue weighted by Crippen LogP contribution is 2.42. The van der Waals surface area contributed by atoms with E-state index in [2.05, 4.69) is 62.3 Å². The normalized spacial score (nSPS) is 22.2. The van der Waals surface area contributed by atoms with Gasteiger partial charge in [0.25, 0.3) is 0 Å². The molecule has 5 nitrogen and oxygen atoms in total. The minimum absolute atomic E-state index is 0. The molecule has 1 aliphatic carbocycles. The van der Waals surface area contributed by atoms with E-state index in [1.54, 1.807) is 0 Å². The number of halogens is 1. The van der Waals surface area contributed by atoms with E-state index in [9.17, 15) is 0 Å². The zero-order valence-electron chi connectivity index (χ0n) is 16.0. The molecule has 1 aliphatic heterocycles. The molecule has 4 rings (SSSR count). The zero-order valence-corrected chi connectivity index (χ0v) is 18.3. The first-order valence-electron chi connectivity index (χ1n) is 9.46. The molecule has 1 saturated heterocycles. The fraction of sp³-hybridized carbons (Fsp3) is 0.429. The zero-order chi connectivity index (χ0) is 17.9. The quantitative estimate of drug-likeness (QED) is 0.419. The molecular weight excluding hydrogens is 449 g/mol. The summed E-state index contributed by atoms with van der Waals surface area (Å²) < 4.78 is 0. The summed E-state index contributed by atoms with van der Waals surface area (Å²) in [5.41, 5.74) is 2.86. The second kappa shape index (κ2) is 8.91. The number of nitrogens with zero attached hydrogens (tertiary/aromatic N) is 4. The van der Waals surface area contributed by atoms with Crippen molar-refractivity contribution in [1.82, 2.24) is 15.2 Å². The van der Waals surface area contributed by atoms with Gasteiger partial charge in [0.2, 0.25) is 0 Å². The van der Waals surface area contributed by atoms with Crippen LogP contribution in [-0.4, -0.2) is 55.1 Å². The number of piperazine rings is 1. The lowest BCUT2D eigenvalue weighted by atomic mass is 10.0. The minimum Gasteiger partial charge on any atom is -0.353 e. The van der Waals surface area contributed by atoms with Crippen LogP contribution in [0, 0.1) is 6.92 Å². The molecule has 2 fully saturated rings. The average molecular weight is 477 g/mol. The molecule has 2 aromatic rings. The summed E-state index contributed by atoms with van der Waals surface area (Å²) in [7, 11) is 1.89. The van der Waals surface area contributed by atoms with Gasteiger partial charge in [-0.2, -0.15) is 0 Å². The summed E-state index contributed by atoms with van der Waals surface area (Å²) in [4.78, 5) is 13.7. The van der Waals surface area contributed by atoms with Crippen LogP contribution in [0.5, 0.6) is 0 Å². The molecule has 2 unspecified atom stereocenters. The van der Waals surface area contributed by atoms with E-state index in [1.807, 2.05) is 25.4 Å². The molecule has 144 valence electrons. The molecule has 27 heavy (non-hydrogen) atoms. The van der Waals surface area contributed by atoms with Crippen molar-refractivity contribution in [3.8, 4) is 0 Å². The Morgan fingerprint density at radius 2 is 1.81 bits per heavy atom. The number of aliphatic imine (C=N–C) groups is 1. The van der Waals surface area contributed by atoms with Crippen LogP contribution in [0.2, 0.25) is 0 Å². The lowest BCUT2D eigenvalue weighted by Gasteiger charge is -2.37. The summed E-state index contributed by atoms with van der Waals surface area (Å²) in [5, 5.41) is 3.68. The van der Waals surface area contributed by atoms with Crippen LogP contribution >= 0.6 is 24.0 Å². The van der Waals surface area contributed by atoms with Crippen LogP contribution in [0.4, 0.5) is 5.82 Å². The molecule has 6 heteroatoms. The topological polar surface area (TPSA) is 43.8 Å². The van der Waals surface area contributed by atoms with Crippen molar-refractivity contribution in [2.24, 2.45) is 4.99 Å². The standard InChI is InChI=1S/C21H27N5.HI/c1-16-7-3-4-8-17(16)18-15-19(18)24-21(22-2)26-13-11-25(12-14-26)20-9-5-6-10-23-20;/h3-10,18-19H,11-15H2,1-2H3,(H,22,24);1H. The Kier molecular flexibility index (Phi) is 6.57. The average Bonchev–Trinajstić information content (AvgIpc) is 3.46. The molecule has 0 spiro atoms. The Balaban J connectivity index is 0.00000210. The molecule has 1 aromatic heterocycles. The van der Waals surface area contributed by atoms with E-state index in [1.165, 1.54) is 17.5 Å². The van der Waals surface area contributed by atoms with Crippen LogP contribution in [0.3, 0.4) is 0 Å². The number of aromatic nitrogens is 1. The predicted octanol–water partition coefficient (Wildman–Crippen LogP) is 3.26. The van der Waals surface area contributed by atoms with Gasteiger partial charge in [-0.1, -0.05) is 30.3 Å². The van der Waals surface area contributed by atoms with E-state index < -0.39 is 0 Å². The van der Waals surface area contributed by atoms with Crippen molar-refractivity contribution in [2.45, 2.75) is 25.3 Å². The molecular formula is C21H28IN5. The highest BCUT2D eigenvalue weighted by Gasteiger charge is 2.40. The number of anilines is 1. The Morgan fingerprint density at radius 3 is 2.48 bits per heavy atom. The van der Waals surface area contributed by atoms with Crippen LogP contribution in [0.15, 0.2) is 53.7 Å². The molecule has 2 heterocycles. The maximum Gasteiger partial charge on any atom is 0.194 e. The maximum atomic E-state index is 4.54. The first-order valence-corrected chi connectivity index (χ1v) is 9.46. The number of benzene rings is 1. The van der Waals surface area contributed by atoms with Gasteiger partial charge in [0.1, 0.15) is 5.82 Å². The summed E-state index contributed by atoms with van der Waals surface area (Å²) in [6, 6.07) is 15.3. The number of hydrogen-bond donors (Lipinski definition) is 1. The lowest BCUT2D eigenvalue weighted by Crippen LogP contribution is -2.53. The minimum atomic E-state index is 0. The summed E-state index contributed by atoms with van der Waals surface area (Å²) in [6.45, 7) is 6.10. The van der Waals surface area contributed by atoms with Gasteiger partial charge in [-0.15, -0.1) is 24.0 Å². The molecule has 2 aliphatic rings. The molecule has 0 bridgehead atoms. The Bertz CT molecular complexity index is 771. The largest absolute Gasteiger partial charge is 0.353 e. The van der Waals surface area contributed by atoms with Crippen molar-refractivity contribution in [3.63, 3.8) is 0 Å². The number of hydrogen-bond acceptors (Lipinski definition) is 3. The van der Waals surface area contributed by atoms with Crippen LogP contribution in [0.1, 0.15) is 23.5 Å². The van der Waals surface area contributed by atoms with E-state index in [0.717, 1.165) is 38.0 Å². The van der Waals surface area contributed by atoms with E-state index in [0.29, 0.717) is 12.0 Å². The smallest absolute Gasteiger partial charge is 0.194 e. The van der Waals surface area contributed by atoms with E-state index in [-0.39, 0.29) is 24.0 Å². The first kappa shape index (κ1) is 19.9. The van der Waals surface area contributed by atoms with E-state index in [4.69, 9.17) is 0 Å². The second-order valence-electron chi connectivity index (χ2n) is 7.16. The number of rotatable bonds is 3. The molecule has 2 atom stereocenters. The third kappa shape index (κ3) is 4.54. The van der Waals surface area contributed by atoms with Crippen molar-refractivity contribution in [3.05, 3.63) is 59.8 Å². The predicted molar refractivity (Wildman–Crippen MR) is 122 cm³/mol. The molecule has 1 saturated carbocycles. The Hall–Kier alpha value is -1.83. The number of aryl methyl sites for hydroxylation is 1. The van der Waals surface area contributed by atoms with Gasteiger partial charge in [-0.25, -0.2) is 4.98 Å². The van der Waals surface area contributed by atoms with Gasteiger partial charge >= 0.3 is 0 Å². The van der Waals surface area contributed by atoms with Gasteiger partial charge in [0.15, 0.2) is 5.96 Å². The van der Waals surface area contributed by atoms with Crippen molar-refractivity contribution in [1.29, 1.82) is 0 Å². The Morgan fingerprint density at radius 1 is 1.07 bits per heavy atom. The molecule has 0 amide bonds. The second-order valence-corrected chi connectivity index (χ2v) is 7.16. The number of pyridine rings is 1. The highest BCUT2D eigenvalue weighted by atomic mass is 127. The summed E-state index contributed by atoms with van der Waals surface area (Å²) >= 11 is 0. The van der Waals surface area contributed by atoms with Crippen LogP contribution < -0.4 is 10.2 Å². The fourth-order valence-electron chi connectivity index (χ4n) is 3.85. The van der Waals surface area contributed by atoms with Crippen LogP contribution in [0.25, 0.3) is 0 Å².